The van der Waals surface area contributed by atoms with Crippen molar-refractivity contribution >= 4 is 19.7 Å². The lowest BCUT2D eigenvalue weighted by Crippen LogP contribution is -2.45. The molecule has 152 valence electrons. The van der Waals surface area contributed by atoms with Crippen molar-refractivity contribution in [1.82, 2.24) is 5.32 Å². The Morgan fingerprint density at radius 2 is 1.93 bits per heavy atom. The number of rotatable bonds is 7. The van der Waals surface area contributed by atoms with Gasteiger partial charge in [0.2, 0.25) is 0 Å². The van der Waals surface area contributed by atoms with Gasteiger partial charge in [-0.15, -0.1) is 0 Å². The van der Waals surface area contributed by atoms with Crippen molar-refractivity contribution in [2.24, 2.45) is 0 Å². The maximum absolute atomic E-state index is 13.1. The minimum Gasteiger partial charge on any atom is -0.491 e. The first kappa shape index (κ1) is 20.6. The van der Waals surface area contributed by atoms with Crippen LogP contribution in [0.25, 0.3) is 0 Å². The largest absolute Gasteiger partial charge is 0.491 e. The Morgan fingerprint density at radius 1 is 1.22 bits per heavy atom. The second-order valence-corrected chi connectivity index (χ2v) is 11.8. The van der Waals surface area contributed by atoms with E-state index in [0.29, 0.717) is 18.9 Å². The number of nitrogens with one attached hydrogen (secondary N) is 1. The summed E-state index contributed by atoms with van der Waals surface area (Å²) in [4.78, 5) is 0.115. The fourth-order valence-electron chi connectivity index (χ4n) is 3.55. The van der Waals surface area contributed by atoms with Crippen molar-refractivity contribution in [3.8, 4) is 5.75 Å². The van der Waals surface area contributed by atoms with Crippen LogP contribution in [-0.4, -0.2) is 65.0 Å². The van der Waals surface area contributed by atoms with Gasteiger partial charge >= 0.3 is 0 Å². The molecule has 0 bridgehead atoms. The zero-order chi connectivity index (χ0) is 19.7. The lowest BCUT2D eigenvalue weighted by atomic mass is 10.2. The van der Waals surface area contributed by atoms with E-state index in [9.17, 15) is 16.8 Å². The molecule has 2 heterocycles. The van der Waals surface area contributed by atoms with Crippen LogP contribution in [-0.2, 0) is 24.4 Å². The van der Waals surface area contributed by atoms with E-state index in [-0.39, 0.29) is 28.6 Å². The molecule has 2 fully saturated rings. The molecule has 9 heteroatoms. The normalized spacial score (nSPS) is 27.9. The SMILES string of the molecule is CC(C)Oc1ccc(S(=O)(=O)[C@H]2CS(=O)(=O)C[C@@H]2NCC2CCCO2)cc1. The third-order valence-corrected chi connectivity index (χ3v) is 9.02. The van der Waals surface area contributed by atoms with E-state index in [4.69, 9.17) is 9.47 Å². The highest BCUT2D eigenvalue weighted by molar-refractivity contribution is 7.96. The average molecular weight is 418 g/mol. The molecule has 2 aliphatic heterocycles. The predicted molar refractivity (Wildman–Crippen MR) is 103 cm³/mol. The summed E-state index contributed by atoms with van der Waals surface area (Å²) in [6.45, 7) is 4.94. The second-order valence-electron chi connectivity index (χ2n) is 7.45. The third kappa shape index (κ3) is 5.01. The number of hydrogen-bond donors (Lipinski definition) is 1. The molecule has 27 heavy (non-hydrogen) atoms. The van der Waals surface area contributed by atoms with Crippen LogP contribution >= 0.6 is 0 Å². The maximum Gasteiger partial charge on any atom is 0.183 e. The quantitative estimate of drug-likeness (QED) is 0.711. The molecular formula is C18H27NO6S2. The fourth-order valence-corrected chi connectivity index (χ4v) is 8.27. The standard InChI is InChI=1S/C18H27NO6S2/c1-13(2)25-14-5-7-16(8-6-14)27(22,23)18-12-26(20,21)11-17(18)19-10-15-4-3-9-24-15/h5-8,13,15,17-19H,3-4,9-12H2,1-2H3/t15?,17-,18-/m0/s1. The Balaban J connectivity index is 1.77. The molecule has 1 N–H and O–H groups in total. The van der Waals surface area contributed by atoms with Crippen molar-refractivity contribution < 1.29 is 26.3 Å². The van der Waals surface area contributed by atoms with Crippen molar-refractivity contribution in [3.63, 3.8) is 0 Å². The smallest absolute Gasteiger partial charge is 0.183 e. The van der Waals surface area contributed by atoms with E-state index in [1.165, 1.54) is 12.1 Å². The van der Waals surface area contributed by atoms with Gasteiger partial charge in [0.25, 0.3) is 0 Å². The van der Waals surface area contributed by atoms with E-state index < -0.39 is 31.0 Å². The topological polar surface area (TPSA) is 98.8 Å². The van der Waals surface area contributed by atoms with Gasteiger partial charge < -0.3 is 14.8 Å². The Morgan fingerprint density at radius 3 is 2.52 bits per heavy atom. The van der Waals surface area contributed by atoms with Gasteiger partial charge in [-0.2, -0.15) is 0 Å². The summed E-state index contributed by atoms with van der Waals surface area (Å²) in [5.74, 6) is 0.0528. The molecule has 0 radical (unpaired) electrons. The van der Waals surface area contributed by atoms with Crippen LogP contribution in [0.4, 0.5) is 0 Å². The zero-order valence-corrected chi connectivity index (χ0v) is 17.3. The summed E-state index contributed by atoms with van der Waals surface area (Å²) in [7, 11) is -7.20. The van der Waals surface area contributed by atoms with Crippen LogP contribution in [0.15, 0.2) is 29.2 Å². The first-order valence-corrected chi connectivity index (χ1v) is 12.6. The van der Waals surface area contributed by atoms with Gasteiger partial charge in [-0.1, -0.05) is 0 Å². The number of sulfone groups is 2. The van der Waals surface area contributed by atoms with Gasteiger partial charge in [0.15, 0.2) is 19.7 Å². The molecule has 0 aliphatic carbocycles. The van der Waals surface area contributed by atoms with Crippen LogP contribution < -0.4 is 10.1 Å². The highest BCUT2D eigenvalue weighted by Crippen LogP contribution is 2.27. The van der Waals surface area contributed by atoms with Crippen LogP contribution in [0, 0.1) is 0 Å². The Bertz CT molecular complexity index is 842. The number of ether oxygens (including phenoxy) is 2. The summed E-state index contributed by atoms with van der Waals surface area (Å²) >= 11 is 0. The molecular weight excluding hydrogens is 390 g/mol. The van der Waals surface area contributed by atoms with Gasteiger partial charge in [0.1, 0.15) is 5.75 Å². The van der Waals surface area contributed by atoms with Crippen LogP contribution in [0.5, 0.6) is 5.75 Å². The summed E-state index contributed by atoms with van der Waals surface area (Å²) in [6, 6.07) is 5.54. The predicted octanol–water partition coefficient (Wildman–Crippen LogP) is 1.18. The minimum absolute atomic E-state index is 0.0150. The van der Waals surface area contributed by atoms with E-state index in [2.05, 4.69) is 5.32 Å². The minimum atomic E-state index is -3.79. The maximum atomic E-state index is 13.1. The molecule has 2 aliphatic rings. The number of hydrogen-bond acceptors (Lipinski definition) is 7. The van der Waals surface area contributed by atoms with Crippen molar-refractivity contribution in [3.05, 3.63) is 24.3 Å². The van der Waals surface area contributed by atoms with Gasteiger partial charge in [0, 0.05) is 19.2 Å². The molecule has 1 aromatic carbocycles. The molecule has 3 atom stereocenters. The van der Waals surface area contributed by atoms with Crippen molar-refractivity contribution in [2.75, 3.05) is 24.7 Å². The van der Waals surface area contributed by atoms with Crippen LogP contribution in [0.1, 0.15) is 26.7 Å². The Labute approximate surface area is 161 Å². The molecule has 3 rings (SSSR count). The molecule has 0 aromatic heterocycles. The molecule has 1 aromatic rings. The average Bonchev–Trinajstić information content (AvgIpc) is 3.20. The van der Waals surface area contributed by atoms with Crippen LogP contribution in [0.3, 0.4) is 0 Å². The molecule has 2 saturated heterocycles. The zero-order valence-electron chi connectivity index (χ0n) is 15.6. The van der Waals surface area contributed by atoms with Gasteiger partial charge in [-0.05, 0) is 51.0 Å². The van der Waals surface area contributed by atoms with Gasteiger partial charge in [-0.25, -0.2) is 16.8 Å². The fraction of sp³-hybridized carbons (Fsp3) is 0.667. The Hall–Kier alpha value is -1.16. The van der Waals surface area contributed by atoms with Gasteiger partial charge in [0.05, 0.1) is 33.9 Å². The molecule has 0 spiro atoms. The van der Waals surface area contributed by atoms with E-state index in [1.807, 2.05) is 13.8 Å². The molecule has 0 saturated carbocycles. The summed E-state index contributed by atoms with van der Waals surface area (Å²) < 4.78 is 61.5. The van der Waals surface area contributed by atoms with E-state index in [1.54, 1.807) is 12.1 Å². The Kier molecular flexibility index (Phi) is 6.14. The lowest BCUT2D eigenvalue weighted by Gasteiger charge is -2.22. The van der Waals surface area contributed by atoms with Crippen molar-refractivity contribution in [1.29, 1.82) is 0 Å². The summed E-state index contributed by atoms with van der Waals surface area (Å²) in [5.41, 5.74) is 0. The lowest BCUT2D eigenvalue weighted by molar-refractivity contribution is 0.108. The van der Waals surface area contributed by atoms with Gasteiger partial charge in [-0.3, -0.25) is 0 Å². The number of benzene rings is 1. The third-order valence-electron chi connectivity index (χ3n) is 4.85. The van der Waals surface area contributed by atoms with Crippen LogP contribution in [0.2, 0.25) is 0 Å². The van der Waals surface area contributed by atoms with Crippen molar-refractivity contribution in [2.45, 2.75) is 55.1 Å². The molecule has 1 unspecified atom stereocenters. The summed E-state index contributed by atoms with van der Waals surface area (Å²) in [5, 5.41) is 2.14. The highest BCUT2D eigenvalue weighted by Gasteiger charge is 2.45. The highest BCUT2D eigenvalue weighted by atomic mass is 32.2. The second kappa shape index (κ2) is 8.06. The summed E-state index contributed by atoms with van der Waals surface area (Å²) in [6.07, 6.45) is 1.88. The molecule has 0 amide bonds. The first-order chi connectivity index (χ1) is 12.7. The molecule has 7 nitrogen and oxygen atoms in total. The van der Waals surface area contributed by atoms with E-state index in [0.717, 1.165) is 12.8 Å². The van der Waals surface area contributed by atoms with E-state index >= 15 is 0 Å². The first-order valence-electron chi connectivity index (χ1n) is 9.23. The monoisotopic (exact) mass is 417 g/mol.